The second kappa shape index (κ2) is 8.78. The number of rotatable bonds is 8. The second-order valence-electron chi connectivity index (χ2n) is 4.78. The van der Waals surface area contributed by atoms with E-state index in [2.05, 4.69) is 20.6 Å². The molecule has 0 aliphatic heterocycles. The van der Waals surface area contributed by atoms with Gasteiger partial charge in [-0.25, -0.2) is 4.68 Å². The van der Waals surface area contributed by atoms with Gasteiger partial charge in [-0.05, 0) is 24.0 Å². The summed E-state index contributed by atoms with van der Waals surface area (Å²) >= 11 is 1.42. The Bertz CT molecular complexity index is 774. The minimum atomic E-state index is -0.472. The van der Waals surface area contributed by atoms with Crippen molar-refractivity contribution in [2.45, 2.75) is 18.2 Å². The van der Waals surface area contributed by atoms with Crippen LogP contribution in [0.1, 0.15) is 12.0 Å². The van der Waals surface area contributed by atoms with Gasteiger partial charge in [0.2, 0.25) is 11.9 Å². The van der Waals surface area contributed by atoms with E-state index in [4.69, 9.17) is 4.84 Å². The van der Waals surface area contributed by atoms with Crippen LogP contribution in [0.4, 0.5) is 11.6 Å². The minimum absolute atomic E-state index is 0.00706. The Balaban J connectivity index is 1.73. The number of hydrogen-bond donors (Lipinski definition) is 1. The molecular weight excluding hydrogens is 348 g/mol. The third kappa shape index (κ3) is 5.57. The van der Waals surface area contributed by atoms with E-state index in [9.17, 15) is 14.9 Å². The number of nitro benzene ring substituents is 1. The fraction of sp³-hybridized carbons (Fsp3) is 0.286. The summed E-state index contributed by atoms with van der Waals surface area (Å²) < 4.78 is 1.57. The number of carbonyl (C=O) groups is 1. The first-order chi connectivity index (χ1) is 12.0. The summed E-state index contributed by atoms with van der Waals surface area (Å²) in [6, 6.07) is 5.93. The molecule has 1 N–H and O–H groups in total. The normalized spacial score (nSPS) is 10.8. The van der Waals surface area contributed by atoms with E-state index < -0.39 is 4.92 Å². The molecule has 0 saturated heterocycles. The van der Waals surface area contributed by atoms with E-state index in [1.165, 1.54) is 30.1 Å². The highest BCUT2D eigenvalue weighted by Gasteiger charge is 2.08. The van der Waals surface area contributed by atoms with Crippen LogP contribution >= 0.6 is 11.8 Å². The largest absolute Gasteiger partial charge is 0.391 e. The van der Waals surface area contributed by atoms with Crippen molar-refractivity contribution in [1.29, 1.82) is 0 Å². The van der Waals surface area contributed by atoms with Crippen LogP contribution in [0.5, 0.6) is 0 Å². The summed E-state index contributed by atoms with van der Waals surface area (Å²) in [5, 5.41) is 21.5. The van der Waals surface area contributed by atoms with Gasteiger partial charge in [0.05, 0.1) is 17.6 Å². The number of benzene rings is 1. The van der Waals surface area contributed by atoms with E-state index in [0.717, 1.165) is 5.56 Å². The van der Waals surface area contributed by atoms with Crippen molar-refractivity contribution >= 4 is 35.5 Å². The number of non-ortho nitro benzene ring substituents is 1. The van der Waals surface area contributed by atoms with Crippen LogP contribution in [0.3, 0.4) is 0 Å². The third-order valence-electron chi connectivity index (χ3n) is 2.96. The number of carbonyl (C=O) groups excluding carboxylic acids is 1. The molecule has 0 fully saturated rings. The molecule has 2 aromatic rings. The van der Waals surface area contributed by atoms with E-state index >= 15 is 0 Å². The van der Waals surface area contributed by atoms with Crippen LogP contribution in [-0.4, -0.2) is 38.1 Å². The fourth-order valence-electron chi connectivity index (χ4n) is 1.78. The second-order valence-corrected chi connectivity index (χ2v) is 5.56. The molecule has 25 heavy (non-hydrogen) atoms. The molecule has 2 rings (SSSR count). The quantitative estimate of drug-likeness (QED) is 0.328. The molecule has 1 aromatic heterocycles. The van der Waals surface area contributed by atoms with Crippen molar-refractivity contribution in [3.63, 3.8) is 0 Å². The maximum absolute atomic E-state index is 11.7. The van der Waals surface area contributed by atoms with Crippen LogP contribution in [-0.2, 0) is 23.3 Å². The van der Waals surface area contributed by atoms with Gasteiger partial charge in [-0.3, -0.25) is 20.2 Å². The predicted molar refractivity (Wildman–Crippen MR) is 92.4 cm³/mol. The predicted octanol–water partition coefficient (Wildman–Crippen LogP) is 1.98. The van der Waals surface area contributed by atoms with E-state index in [0.29, 0.717) is 5.16 Å². The van der Waals surface area contributed by atoms with Gasteiger partial charge in [0.15, 0.2) is 5.16 Å². The summed E-state index contributed by atoms with van der Waals surface area (Å²) in [6.07, 6.45) is 3.19. The summed E-state index contributed by atoms with van der Waals surface area (Å²) in [6.45, 7) is 0.148. The highest BCUT2D eigenvalue weighted by Crippen LogP contribution is 2.13. The lowest BCUT2D eigenvalue weighted by Crippen LogP contribution is -2.13. The first-order valence-electron chi connectivity index (χ1n) is 7.11. The van der Waals surface area contributed by atoms with Crippen LogP contribution < -0.4 is 5.32 Å². The number of aryl methyl sites for hydroxylation is 1. The zero-order chi connectivity index (χ0) is 18.2. The highest BCUT2D eigenvalue weighted by atomic mass is 32.2. The Morgan fingerprint density at radius 2 is 2.20 bits per heavy atom. The van der Waals surface area contributed by atoms with Gasteiger partial charge < -0.3 is 4.84 Å². The molecule has 0 aliphatic carbocycles. The average molecular weight is 364 g/mol. The number of amides is 1. The number of nitrogens with zero attached hydrogens (tertiary/aromatic N) is 5. The molecule has 1 aromatic carbocycles. The Kier molecular flexibility index (Phi) is 6.46. The lowest BCUT2D eigenvalue weighted by molar-refractivity contribution is -0.384. The monoisotopic (exact) mass is 364 g/mol. The number of hydrogen-bond acceptors (Lipinski definition) is 8. The number of thioether (sulfide) groups is 1. The number of nitrogens with one attached hydrogen (secondary N) is 1. The zero-order valence-electron chi connectivity index (χ0n) is 13.6. The van der Waals surface area contributed by atoms with Crippen molar-refractivity contribution < 1.29 is 14.6 Å². The van der Waals surface area contributed by atoms with Crippen LogP contribution in [0.2, 0.25) is 0 Å². The van der Waals surface area contributed by atoms with Gasteiger partial charge in [0.25, 0.3) is 5.69 Å². The van der Waals surface area contributed by atoms with Crippen molar-refractivity contribution in [2.24, 2.45) is 12.2 Å². The molecule has 0 spiro atoms. The Morgan fingerprint density at radius 3 is 2.80 bits per heavy atom. The number of aromatic nitrogens is 3. The summed E-state index contributed by atoms with van der Waals surface area (Å²) in [4.78, 5) is 31.0. The van der Waals surface area contributed by atoms with Gasteiger partial charge in [-0.15, -0.1) is 5.10 Å². The standard InChI is InChI=1S/C14H16N6O4S/c1-19-14(25-2)17-13(18-19)16-12(21)7-8-15-24-9-10-3-5-11(6-4-10)20(22)23/h3-6,8H,7,9H2,1-2H3,(H,16,18,21)/b15-8-. The van der Waals surface area contributed by atoms with Gasteiger partial charge >= 0.3 is 0 Å². The fourth-order valence-corrected chi connectivity index (χ4v) is 2.26. The molecular formula is C14H16N6O4S. The van der Waals surface area contributed by atoms with Gasteiger partial charge in [-0.2, -0.15) is 4.98 Å². The molecule has 0 atom stereocenters. The highest BCUT2D eigenvalue weighted by molar-refractivity contribution is 7.98. The SMILES string of the molecule is CSc1nc(NC(=O)C/C=N\OCc2ccc([N+](=O)[O-])cc2)nn1C. The van der Waals surface area contributed by atoms with Crippen molar-refractivity contribution in [1.82, 2.24) is 14.8 Å². The Hall–Kier alpha value is -2.95. The molecule has 132 valence electrons. The van der Waals surface area contributed by atoms with E-state index in [-0.39, 0.29) is 30.6 Å². The van der Waals surface area contributed by atoms with Crippen molar-refractivity contribution in [2.75, 3.05) is 11.6 Å². The molecule has 0 unspecified atom stereocenters. The number of anilines is 1. The van der Waals surface area contributed by atoms with E-state index in [1.807, 2.05) is 6.26 Å². The Labute approximate surface area is 147 Å². The molecule has 0 radical (unpaired) electrons. The van der Waals surface area contributed by atoms with Gasteiger partial charge in [-0.1, -0.05) is 16.9 Å². The molecule has 1 amide bonds. The van der Waals surface area contributed by atoms with Crippen LogP contribution in [0.15, 0.2) is 34.6 Å². The summed E-state index contributed by atoms with van der Waals surface area (Å²) in [5.74, 6) is -0.0852. The van der Waals surface area contributed by atoms with Crippen molar-refractivity contribution in [3.8, 4) is 0 Å². The summed E-state index contributed by atoms with van der Waals surface area (Å²) in [5.41, 5.74) is 0.742. The van der Waals surface area contributed by atoms with Gasteiger partial charge in [0.1, 0.15) is 6.61 Å². The third-order valence-corrected chi connectivity index (χ3v) is 3.68. The molecule has 1 heterocycles. The maximum atomic E-state index is 11.7. The molecule has 11 heteroatoms. The topological polar surface area (TPSA) is 125 Å². The number of oxime groups is 1. The Morgan fingerprint density at radius 1 is 1.48 bits per heavy atom. The first kappa shape index (κ1) is 18.4. The summed E-state index contributed by atoms with van der Waals surface area (Å²) in [7, 11) is 1.74. The van der Waals surface area contributed by atoms with E-state index in [1.54, 1.807) is 23.9 Å². The number of nitro groups is 1. The molecule has 0 saturated carbocycles. The molecule has 10 nitrogen and oxygen atoms in total. The maximum Gasteiger partial charge on any atom is 0.269 e. The average Bonchev–Trinajstić information content (AvgIpc) is 2.94. The van der Waals surface area contributed by atoms with Crippen LogP contribution in [0.25, 0.3) is 0 Å². The lowest BCUT2D eigenvalue weighted by Gasteiger charge is -1.99. The van der Waals surface area contributed by atoms with Crippen molar-refractivity contribution in [3.05, 3.63) is 39.9 Å². The molecule has 0 aliphatic rings. The minimum Gasteiger partial charge on any atom is -0.391 e. The lowest BCUT2D eigenvalue weighted by atomic mass is 10.2. The van der Waals surface area contributed by atoms with Crippen LogP contribution in [0, 0.1) is 10.1 Å². The van der Waals surface area contributed by atoms with Gasteiger partial charge in [0, 0.05) is 19.2 Å². The zero-order valence-corrected chi connectivity index (χ0v) is 14.4. The smallest absolute Gasteiger partial charge is 0.269 e. The first-order valence-corrected chi connectivity index (χ1v) is 8.34. The molecule has 0 bridgehead atoms.